The van der Waals surface area contributed by atoms with Crippen molar-refractivity contribution in [2.24, 2.45) is 5.92 Å². The maximum atomic E-state index is 13.2. The van der Waals surface area contributed by atoms with E-state index >= 15 is 0 Å². The lowest BCUT2D eigenvalue weighted by atomic mass is 10.0. The number of hydrogen-bond donors (Lipinski definition) is 2. The van der Waals surface area contributed by atoms with Crippen LogP contribution in [0.2, 0.25) is 0 Å². The molecule has 3 unspecified atom stereocenters. The van der Waals surface area contributed by atoms with Crippen LogP contribution in [0.1, 0.15) is 43.5 Å². The molecule has 25 heavy (non-hydrogen) atoms. The number of rotatable bonds is 4. The van der Waals surface area contributed by atoms with Crippen molar-refractivity contribution < 1.29 is 14.0 Å². The van der Waals surface area contributed by atoms with Gasteiger partial charge in [0.1, 0.15) is 11.9 Å². The Kier molecular flexibility index (Phi) is 5.37. The number of amides is 2. The van der Waals surface area contributed by atoms with Crippen LogP contribution in [-0.4, -0.2) is 47.9 Å². The summed E-state index contributed by atoms with van der Waals surface area (Å²) < 4.78 is 13.0. The molecule has 2 fully saturated rings. The van der Waals surface area contributed by atoms with Crippen LogP contribution in [0, 0.1) is 11.7 Å². The fraction of sp³-hybridized carbons (Fsp3) is 0.579. The third-order valence-corrected chi connectivity index (χ3v) is 5.23. The maximum Gasteiger partial charge on any atom is 0.251 e. The first-order chi connectivity index (χ1) is 12.0. The zero-order valence-corrected chi connectivity index (χ0v) is 14.8. The van der Waals surface area contributed by atoms with E-state index in [1.54, 1.807) is 0 Å². The minimum absolute atomic E-state index is 0.00154. The van der Waals surface area contributed by atoms with Gasteiger partial charge >= 0.3 is 0 Å². The van der Waals surface area contributed by atoms with Crippen LogP contribution in [0.3, 0.4) is 0 Å². The summed E-state index contributed by atoms with van der Waals surface area (Å²) in [5, 5.41) is 6.25. The maximum absolute atomic E-state index is 13.2. The highest BCUT2D eigenvalue weighted by atomic mass is 19.1. The molecule has 0 saturated carbocycles. The zero-order chi connectivity index (χ0) is 18.0. The number of hydrogen-bond acceptors (Lipinski definition) is 3. The second kappa shape index (κ2) is 7.52. The summed E-state index contributed by atoms with van der Waals surface area (Å²) in [5.41, 5.74) is 0.361. The van der Waals surface area contributed by atoms with Crippen molar-refractivity contribution in [1.29, 1.82) is 0 Å². The van der Waals surface area contributed by atoms with E-state index in [9.17, 15) is 14.0 Å². The molecule has 2 aliphatic rings. The number of carbonyl (C=O) groups excluding carboxylic acids is 2. The largest absolute Gasteiger partial charge is 0.340 e. The molecule has 0 aromatic heterocycles. The van der Waals surface area contributed by atoms with E-state index < -0.39 is 6.04 Å². The Balaban J connectivity index is 1.75. The van der Waals surface area contributed by atoms with Crippen LogP contribution >= 0.6 is 0 Å². The first kappa shape index (κ1) is 17.9. The van der Waals surface area contributed by atoms with E-state index in [4.69, 9.17) is 0 Å². The molecule has 2 bridgehead atoms. The molecule has 2 amide bonds. The molecule has 2 saturated heterocycles. The Morgan fingerprint density at radius 3 is 2.52 bits per heavy atom. The average Bonchev–Trinajstić information content (AvgIpc) is 2.85. The van der Waals surface area contributed by atoms with E-state index in [2.05, 4.69) is 10.6 Å². The quantitative estimate of drug-likeness (QED) is 0.875. The lowest BCUT2D eigenvalue weighted by Crippen LogP contribution is -2.55. The van der Waals surface area contributed by atoms with Crippen molar-refractivity contribution in [3.63, 3.8) is 0 Å². The second-order valence-corrected chi connectivity index (χ2v) is 7.33. The summed E-state index contributed by atoms with van der Waals surface area (Å²) in [6.45, 7) is 5.62. The lowest BCUT2D eigenvalue weighted by molar-refractivity contribution is -0.137. The molecule has 2 heterocycles. The van der Waals surface area contributed by atoms with Gasteiger partial charge in [0.2, 0.25) is 5.91 Å². The minimum Gasteiger partial charge on any atom is -0.340 e. The SMILES string of the molecule is CC(C)C(NC(=O)c1ccc(F)cc1)C(=O)N1C2CCNCC1CC2. The first-order valence-corrected chi connectivity index (χ1v) is 9.06. The first-order valence-electron chi connectivity index (χ1n) is 9.06. The Bertz CT molecular complexity index is 618. The van der Waals surface area contributed by atoms with Gasteiger partial charge in [0.25, 0.3) is 5.91 Å². The number of nitrogens with zero attached hydrogens (tertiary/aromatic N) is 1. The fourth-order valence-corrected chi connectivity index (χ4v) is 3.84. The van der Waals surface area contributed by atoms with Crippen LogP contribution in [0.15, 0.2) is 24.3 Å². The predicted molar refractivity (Wildman–Crippen MR) is 93.6 cm³/mol. The summed E-state index contributed by atoms with van der Waals surface area (Å²) in [5.74, 6) is -0.747. The molecule has 1 aromatic rings. The van der Waals surface area contributed by atoms with E-state index in [-0.39, 0.29) is 35.6 Å². The Labute approximate surface area is 148 Å². The molecule has 5 nitrogen and oxygen atoms in total. The topological polar surface area (TPSA) is 61.4 Å². The Morgan fingerprint density at radius 1 is 1.16 bits per heavy atom. The van der Waals surface area contributed by atoms with E-state index in [0.29, 0.717) is 5.56 Å². The highest BCUT2D eigenvalue weighted by Gasteiger charge is 2.41. The Hall–Kier alpha value is -1.95. The van der Waals surface area contributed by atoms with Crippen molar-refractivity contribution in [3.8, 4) is 0 Å². The van der Waals surface area contributed by atoms with Gasteiger partial charge in [0, 0.05) is 24.2 Å². The Morgan fingerprint density at radius 2 is 1.84 bits per heavy atom. The monoisotopic (exact) mass is 347 g/mol. The molecule has 0 aliphatic carbocycles. The average molecular weight is 347 g/mol. The molecule has 136 valence electrons. The molecular weight excluding hydrogens is 321 g/mol. The van der Waals surface area contributed by atoms with Crippen molar-refractivity contribution >= 4 is 11.8 Å². The molecule has 3 rings (SSSR count). The summed E-state index contributed by atoms with van der Waals surface area (Å²) >= 11 is 0. The number of nitrogens with one attached hydrogen (secondary N) is 2. The highest BCUT2D eigenvalue weighted by Crippen LogP contribution is 2.29. The van der Waals surface area contributed by atoms with Gasteiger partial charge in [-0.05, 0) is 56.0 Å². The van der Waals surface area contributed by atoms with Gasteiger partial charge in [-0.25, -0.2) is 4.39 Å². The van der Waals surface area contributed by atoms with Crippen molar-refractivity contribution in [2.75, 3.05) is 13.1 Å². The van der Waals surface area contributed by atoms with Gasteiger partial charge < -0.3 is 15.5 Å². The van der Waals surface area contributed by atoms with E-state index in [1.807, 2.05) is 18.7 Å². The number of fused-ring (bicyclic) bond motifs is 2. The van der Waals surface area contributed by atoms with Gasteiger partial charge in [0.15, 0.2) is 0 Å². The molecular formula is C19H26FN3O2. The summed E-state index contributed by atoms with van der Waals surface area (Å²) in [6, 6.07) is 5.28. The number of benzene rings is 1. The van der Waals surface area contributed by atoms with Gasteiger partial charge in [0.05, 0.1) is 0 Å². The van der Waals surface area contributed by atoms with Gasteiger partial charge in [-0.3, -0.25) is 9.59 Å². The number of halogens is 1. The molecule has 2 N–H and O–H groups in total. The van der Waals surface area contributed by atoms with Crippen molar-refractivity contribution in [3.05, 3.63) is 35.6 Å². The second-order valence-electron chi connectivity index (χ2n) is 7.33. The standard InChI is InChI=1S/C19H26FN3O2/c1-12(2)17(22-18(24)13-3-5-14(20)6-4-13)19(25)23-15-7-8-16(23)11-21-10-9-15/h3-6,12,15-17,21H,7-11H2,1-2H3,(H,22,24). The molecule has 0 spiro atoms. The van der Waals surface area contributed by atoms with Crippen LogP contribution in [0.5, 0.6) is 0 Å². The van der Waals surface area contributed by atoms with Crippen LogP contribution < -0.4 is 10.6 Å². The van der Waals surface area contributed by atoms with E-state index in [0.717, 1.165) is 32.4 Å². The van der Waals surface area contributed by atoms with Gasteiger partial charge in [-0.15, -0.1) is 0 Å². The fourth-order valence-electron chi connectivity index (χ4n) is 3.84. The van der Waals surface area contributed by atoms with Crippen LogP contribution in [-0.2, 0) is 4.79 Å². The normalized spacial score (nSPS) is 24.1. The summed E-state index contributed by atoms with van der Waals surface area (Å²) in [4.78, 5) is 27.7. The number of carbonyl (C=O) groups is 2. The summed E-state index contributed by atoms with van der Waals surface area (Å²) in [6.07, 6.45) is 3.01. The molecule has 6 heteroatoms. The highest BCUT2D eigenvalue weighted by molar-refractivity contribution is 5.97. The van der Waals surface area contributed by atoms with Crippen molar-refractivity contribution in [2.45, 2.75) is 51.2 Å². The predicted octanol–water partition coefficient (Wildman–Crippen LogP) is 1.93. The van der Waals surface area contributed by atoms with Crippen molar-refractivity contribution in [1.82, 2.24) is 15.5 Å². The molecule has 3 atom stereocenters. The van der Waals surface area contributed by atoms with Crippen LogP contribution in [0.4, 0.5) is 4.39 Å². The lowest BCUT2D eigenvalue weighted by Gasteiger charge is -2.33. The minimum atomic E-state index is -0.571. The molecule has 0 radical (unpaired) electrons. The third-order valence-electron chi connectivity index (χ3n) is 5.23. The van der Waals surface area contributed by atoms with E-state index in [1.165, 1.54) is 24.3 Å². The van der Waals surface area contributed by atoms with Crippen LogP contribution in [0.25, 0.3) is 0 Å². The molecule has 1 aromatic carbocycles. The third kappa shape index (κ3) is 3.84. The molecule has 2 aliphatic heterocycles. The summed E-state index contributed by atoms with van der Waals surface area (Å²) in [7, 11) is 0. The zero-order valence-electron chi connectivity index (χ0n) is 14.8. The van der Waals surface area contributed by atoms with Gasteiger partial charge in [-0.2, -0.15) is 0 Å². The smallest absolute Gasteiger partial charge is 0.251 e. The van der Waals surface area contributed by atoms with Gasteiger partial charge in [-0.1, -0.05) is 13.8 Å².